The molecule has 0 spiro atoms. The van der Waals surface area contributed by atoms with Gasteiger partial charge in [0.1, 0.15) is 0 Å². The number of hydrogen-bond donors (Lipinski definition) is 0. The van der Waals surface area contributed by atoms with E-state index in [4.69, 9.17) is 4.74 Å². The Morgan fingerprint density at radius 1 is 1.04 bits per heavy atom. The first-order valence-corrected chi connectivity index (χ1v) is 8.96. The smallest absolute Gasteiger partial charge is 0.225 e. The van der Waals surface area contributed by atoms with Crippen molar-refractivity contribution < 1.29 is 9.53 Å². The highest BCUT2D eigenvalue weighted by molar-refractivity contribution is 5.79. The van der Waals surface area contributed by atoms with E-state index in [2.05, 4.69) is 35.2 Å². The zero-order valence-electron chi connectivity index (χ0n) is 14.0. The van der Waals surface area contributed by atoms with Crippen molar-refractivity contribution >= 4 is 5.91 Å². The fourth-order valence-corrected chi connectivity index (χ4v) is 3.60. The third-order valence-corrected chi connectivity index (χ3v) is 5.04. The van der Waals surface area contributed by atoms with E-state index in [-0.39, 0.29) is 5.92 Å². The molecule has 0 bridgehead atoms. The Hall–Kier alpha value is -1.39. The molecule has 3 rings (SSSR count). The Morgan fingerprint density at radius 2 is 1.74 bits per heavy atom. The van der Waals surface area contributed by atoms with Crippen LogP contribution in [0, 0.1) is 5.92 Å². The van der Waals surface area contributed by atoms with Gasteiger partial charge >= 0.3 is 0 Å². The van der Waals surface area contributed by atoms with E-state index in [9.17, 15) is 4.79 Å². The predicted molar refractivity (Wildman–Crippen MR) is 91.3 cm³/mol. The summed E-state index contributed by atoms with van der Waals surface area (Å²) in [7, 11) is 0. The number of piperidine rings is 1. The van der Waals surface area contributed by atoms with Gasteiger partial charge < -0.3 is 14.5 Å². The van der Waals surface area contributed by atoms with Crippen LogP contribution >= 0.6 is 0 Å². The molecule has 2 saturated heterocycles. The van der Waals surface area contributed by atoms with Crippen LogP contribution in [-0.4, -0.2) is 61.6 Å². The molecule has 1 aromatic carbocycles. The van der Waals surface area contributed by atoms with Crippen LogP contribution in [0.4, 0.5) is 0 Å². The zero-order valence-corrected chi connectivity index (χ0v) is 14.0. The highest BCUT2D eigenvalue weighted by Crippen LogP contribution is 2.20. The van der Waals surface area contributed by atoms with Gasteiger partial charge in [0.15, 0.2) is 0 Å². The van der Waals surface area contributed by atoms with Gasteiger partial charge in [0, 0.05) is 19.0 Å². The summed E-state index contributed by atoms with van der Waals surface area (Å²) in [5.41, 5.74) is 1.42. The van der Waals surface area contributed by atoms with E-state index in [0.717, 1.165) is 52.0 Å². The average Bonchev–Trinajstić information content (AvgIpc) is 2.63. The monoisotopic (exact) mass is 316 g/mol. The molecule has 2 aliphatic heterocycles. The Balaban J connectivity index is 1.36. The summed E-state index contributed by atoms with van der Waals surface area (Å²) in [6.07, 6.45) is 4.38. The quantitative estimate of drug-likeness (QED) is 0.835. The fraction of sp³-hybridized carbons (Fsp3) is 0.632. The molecule has 4 heteroatoms. The van der Waals surface area contributed by atoms with Crippen molar-refractivity contribution in [2.75, 3.05) is 45.9 Å². The number of amides is 1. The van der Waals surface area contributed by atoms with E-state index in [1.54, 1.807) is 0 Å². The standard InChI is InChI=1S/C19H28N2O2/c22-19(21-13-15-23-16-14-21)18-8-11-20(12-9-18)10-4-7-17-5-2-1-3-6-17/h1-3,5-6,18H,4,7-16H2. The molecule has 2 heterocycles. The topological polar surface area (TPSA) is 32.8 Å². The first-order chi connectivity index (χ1) is 11.3. The van der Waals surface area contributed by atoms with Crippen LogP contribution in [0.25, 0.3) is 0 Å². The van der Waals surface area contributed by atoms with Crippen molar-refractivity contribution in [1.82, 2.24) is 9.80 Å². The molecular formula is C19H28N2O2. The molecule has 0 saturated carbocycles. The predicted octanol–water partition coefficient (Wildman–Crippen LogP) is 2.19. The second-order valence-corrected chi connectivity index (χ2v) is 6.64. The van der Waals surface area contributed by atoms with Gasteiger partial charge in [-0.25, -0.2) is 0 Å². The van der Waals surface area contributed by atoms with Crippen LogP contribution in [0.15, 0.2) is 30.3 Å². The van der Waals surface area contributed by atoms with Crippen LogP contribution in [0.1, 0.15) is 24.8 Å². The number of benzene rings is 1. The molecule has 4 nitrogen and oxygen atoms in total. The molecule has 126 valence electrons. The summed E-state index contributed by atoms with van der Waals surface area (Å²) in [5, 5.41) is 0. The molecular weight excluding hydrogens is 288 g/mol. The molecule has 1 aromatic rings. The lowest BCUT2D eigenvalue weighted by Crippen LogP contribution is -2.46. The molecule has 0 unspecified atom stereocenters. The summed E-state index contributed by atoms with van der Waals surface area (Å²) < 4.78 is 5.33. The lowest BCUT2D eigenvalue weighted by Gasteiger charge is -2.35. The van der Waals surface area contributed by atoms with Gasteiger partial charge in [-0.2, -0.15) is 0 Å². The number of carbonyl (C=O) groups is 1. The van der Waals surface area contributed by atoms with Crippen LogP contribution in [0.2, 0.25) is 0 Å². The Morgan fingerprint density at radius 3 is 2.43 bits per heavy atom. The summed E-state index contributed by atoms with van der Waals surface area (Å²) in [5.74, 6) is 0.593. The van der Waals surface area contributed by atoms with E-state index in [1.807, 2.05) is 4.90 Å². The maximum Gasteiger partial charge on any atom is 0.225 e. The highest BCUT2D eigenvalue weighted by Gasteiger charge is 2.29. The van der Waals surface area contributed by atoms with Crippen molar-refractivity contribution in [3.8, 4) is 0 Å². The van der Waals surface area contributed by atoms with Crippen LogP contribution in [0.5, 0.6) is 0 Å². The van der Waals surface area contributed by atoms with Gasteiger partial charge in [-0.15, -0.1) is 0 Å². The van der Waals surface area contributed by atoms with Gasteiger partial charge in [0.05, 0.1) is 13.2 Å². The summed E-state index contributed by atoms with van der Waals surface area (Å²) >= 11 is 0. The maximum absolute atomic E-state index is 12.5. The minimum absolute atomic E-state index is 0.235. The van der Waals surface area contributed by atoms with E-state index in [0.29, 0.717) is 19.1 Å². The molecule has 2 aliphatic rings. The minimum Gasteiger partial charge on any atom is -0.378 e. The molecule has 0 atom stereocenters. The molecule has 0 radical (unpaired) electrons. The third kappa shape index (κ3) is 4.79. The first-order valence-electron chi connectivity index (χ1n) is 8.96. The number of morpholine rings is 1. The highest BCUT2D eigenvalue weighted by atomic mass is 16.5. The van der Waals surface area contributed by atoms with Crippen molar-refractivity contribution in [2.24, 2.45) is 5.92 Å². The first kappa shape index (κ1) is 16.5. The van der Waals surface area contributed by atoms with Crippen LogP contribution in [0.3, 0.4) is 0 Å². The second-order valence-electron chi connectivity index (χ2n) is 6.64. The lowest BCUT2D eigenvalue weighted by atomic mass is 9.95. The maximum atomic E-state index is 12.5. The summed E-state index contributed by atoms with van der Waals surface area (Å²) in [4.78, 5) is 17.0. The lowest BCUT2D eigenvalue weighted by molar-refractivity contribution is -0.141. The largest absolute Gasteiger partial charge is 0.378 e. The van der Waals surface area contributed by atoms with Crippen molar-refractivity contribution in [1.29, 1.82) is 0 Å². The number of carbonyl (C=O) groups excluding carboxylic acids is 1. The zero-order chi connectivity index (χ0) is 15.9. The fourth-order valence-electron chi connectivity index (χ4n) is 3.60. The Bertz CT molecular complexity index is 477. The summed E-state index contributed by atoms with van der Waals surface area (Å²) in [6, 6.07) is 10.7. The number of aryl methyl sites for hydroxylation is 1. The van der Waals surface area contributed by atoms with Gasteiger partial charge in [-0.05, 0) is 50.9 Å². The summed E-state index contributed by atoms with van der Waals surface area (Å²) in [6.45, 7) is 6.22. The number of hydrogen-bond acceptors (Lipinski definition) is 3. The number of nitrogens with zero attached hydrogens (tertiary/aromatic N) is 2. The van der Waals surface area contributed by atoms with Crippen LogP contribution in [-0.2, 0) is 16.0 Å². The van der Waals surface area contributed by atoms with E-state index < -0.39 is 0 Å². The van der Waals surface area contributed by atoms with Crippen molar-refractivity contribution in [3.05, 3.63) is 35.9 Å². The van der Waals surface area contributed by atoms with E-state index >= 15 is 0 Å². The second kappa shape index (κ2) is 8.46. The molecule has 1 amide bonds. The minimum atomic E-state index is 0.235. The Labute approximate surface area is 139 Å². The van der Waals surface area contributed by atoms with Gasteiger partial charge in [0.25, 0.3) is 0 Å². The SMILES string of the molecule is O=C(C1CCN(CCCc2ccccc2)CC1)N1CCOCC1. The number of likely N-dealkylation sites (tertiary alicyclic amines) is 1. The van der Waals surface area contributed by atoms with Gasteiger partial charge in [-0.1, -0.05) is 30.3 Å². The molecule has 23 heavy (non-hydrogen) atoms. The van der Waals surface area contributed by atoms with Crippen LogP contribution < -0.4 is 0 Å². The van der Waals surface area contributed by atoms with Crippen molar-refractivity contribution in [3.63, 3.8) is 0 Å². The van der Waals surface area contributed by atoms with E-state index in [1.165, 1.54) is 12.0 Å². The normalized spacial score (nSPS) is 20.6. The average molecular weight is 316 g/mol. The molecule has 0 aromatic heterocycles. The number of rotatable bonds is 5. The van der Waals surface area contributed by atoms with Gasteiger partial charge in [0.2, 0.25) is 5.91 Å². The van der Waals surface area contributed by atoms with Gasteiger partial charge in [-0.3, -0.25) is 4.79 Å². The Kier molecular flexibility index (Phi) is 6.06. The molecule has 0 N–H and O–H groups in total. The third-order valence-electron chi connectivity index (χ3n) is 5.04. The molecule has 2 fully saturated rings. The van der Waals surface area contributed by atoms with Crippen molar-refractivity contribution in [2.45, 2.75) is 25.7 Å². The molecule has 0 aliphatic carbocycles. The number of ether oxygens (including phenoxy) is 1.